The molecule has 1 fully saturated rings. The summed E-state index contributed by atoms with van der Waals surface area (Å²) in [5.74, 6) is -0.0647. The number of carbonyl (C=O) groups excluding carboxylic acids is 2. The molecule has 1 atom stereocenters. The van der Waals surface area contributed by atoms with Crippen LogP contribution in [0.5, 0.6) is 0 Å². The number of fused-ring (bicyclic) bond motifs is 3. The Morgan fingerprint density at radius 3 is 2.73 bits per heavy atom. The Morgan fingerprint density at radius 2 is 2.04 bits per heavy atom. The lowest BCUT2D eigenvalue weighted by atomic mass is 9.90. The fraction of sp³-hybridized carbons (Fsp3) is 0.600. The maximum Gasteiger partial charge on any atom is 0.271 e. The molecular formula is C20H27N3O2S. The number of amides is 2. The van der Waals surface area contributed by atoms with E-state index in [0.29, 0.717) is 12.2 Å². The van der Waals surface area contributed by atoms with Gasteiger partial charge in [-0.2, -0.15) is 0 Å². The number of rotatable bonds is 3. The Kier molecular flexibility index (Phi) is 4.34. The van der Waals surface area contributed by atoms with Gasteiger partial charge in [0.1, 0.15) is 11.2 Å². The van der Waals surface area contributed by atoms with Crippen molar-refractivity contribution in [3.8, 4) is 0 Å². The van der Waals surface area contributed by atoms with Crippen molar-refractivity contribution in [2.24, 2.45) is 0 Å². The highest BCUT2D eigenvalue weighted by Crippen LogP contribution is 2.35. The third-order valence-electron chi connectivity index (χ3n) is 5.90. The normalized spacial score (nSPS) is 24.3. The van der Waals surface area contributed by atoms with Gasteiger partial charge in [0.15, 0.2) is 0 Å². The molecular weight excluding hydrogens is 346 g/mol. The molecule has 26 heavy (non-hydrogen) atoms. The number of hydrogen-bond acceptors (Lipinski definition) is 3. The fourth-order valence-electron chi connectivity index (χ4n) is 4.63. The van der Waals surface area contributed by atoms with Crippen molar-refractivity contribution in [2.75, 3.05) is 0 Å². The zero-order chi connectivity index (χ0) is 18.5. The van der Waals surface area contributed by atoms with Gasteiger partial charge in [-0.3, -0.25) is 9.59 Å². The molecule has 1 aliphatic heterocycles. The van der Waals surface area contributed by atoms with Gasteiger partial charge < -0.3 is 14.8 Å². The Balaban J connectivity index is 1.71. The summed E-state index contributed by atoms with van der Waals surface area (Å²) in [7, 11) is 0. The van der Waals surface area contributed by atoms with Crippen LogP contribution < -0.4 is 5.32 Å². The maximum atomic E-state index is 13.3. The molecule has 0 bridgehead atoms. The molecule has 3 heterocycles. The van der Waals surface area contributed by atoms with E-state index in [1.807, 2.05) is 42.9 Å². The molecule has 0 aromatic carbocycles. The third-order valence-corrected chi connectivity index (χ3v) is 6.76. The van der Waals surface area contributed by atoms with E-state index in [1.54, 1.807) is 16.2 Å². The second-order valence-corrected chi connectivity index (χ2v) is 9.08. The van der Waals surface area contributed by atoms with Gasteiger partial charge >= 0.3 is 0 Å². The zero-order valence-corrected chi connectivity index (χ0v) is 16.6. The van der Waals surface area contributed by atoms with E-state index < -0.39 is 5.54 Å². The van der Waals surface area contributed by atoms with Crippen molar-refractivity contribution in [3.05, 3.63) is 23.2 Å². The lowest BCUT2D eigenvalue weighted by Crippen LogP contribution is -2.66. The van der Waals surface area contributed by atoms with Crippen molar-refractivity contribution in [1.82, 2.24) is 14.8 Å². The quantitative estimate of drug-likeness (QED) is 0.890. The van der Waals surface area contributed by atoms with Crippen LogP contribution in [0.4, 0.5) is 0 Å². The van der Waals surface area contributed by atoms with Crippen LogP contribution in [-0.2, 0) is 11.3 Å². The highest BCUT2D eigenvalue weighted by atomic mass is 32.1. The first-order valence-corrected chi connectivity index (χ1v) is 10.5. The topological polar surface area (TPSA) is 54.3 Å². The monoisotopic (exact) mass is 373 g/mol. The van der Waals surface area contributed by atoms with Crippen molar-refractivity contribution < 1.29 is 9.59 Å². The van der Waals surface area contributed by atoms with Crippen LogP contribution in [0.25, 0.3) is 10.2 Å². The van der Waals surface area contributed by atoms with Crippen molar-refractivity contribution in [2.45, 2.75) is 77.0 Å². The minimum Gasteiger partial charge on any atom is -0.351 e. The Labute approximate surface area is 158 Å². The Bertz CT molecular complexity index is 846. The summed E-state index contributed by atoms with van der Waals surface area (Å²) < 4.78 is 3.14. The van der Waals surface area contributed by atoms with Gasteiger partial charge in [0.05, 0.1) is 16.8 Å². The Hall–Kier alpha value is -1.82. The van der Waals surface area contributed by atoms with E-state index in [1.165, 1.54) is 19.3 Å². The van der Waals surface area contributed by atoms with Gasteiger partial charge in [-0.15, -0.1) is 11.3 Å². The molecule has 2 aliphatic rings. The predicted molar refractivity (Wildman–Crippen MR) is 105 cm³/mol. The minimum absolute atomic E-state index is 0.0193. The van der Waals surface area contributed by atoms with Crippen LogP contribution in [0.3, 0.4) is 0 Å². The van der Waals surface area contributed by atoms with E-state index in [2.05, 4.69) is 5.32 Å². The highest BCUT2D eigenvalue weighted by molar-refractivity contribution is 7.17. The number of thiophene rings is 1. The number of carbonyl (C=O) groups is 2. The van der Waals surface area contributed by atoms with Crippen molar-refractivity contribution >= 4 is 33.4 Å². The van der Waals surface area contributed by atoms with E-state index in [-0.39, 0.29) is 23.9 Å². The molecule has 2 aromatic rings. The summed E-state index contributed by atoms with van der Waals surface area (Å²) in [5.41, 5.74) is 0.880. The summed E-state index contributed by atoms with van der Waals surface area (Å²) >= 11 is 1.64. The SMILES string of the molecule is CC(C)N1C(=O)c2cc3sccc3n2C[C@]1(C)C(=O)NC1CCCCC1. The van der Waals surface area contributed by atoms with Crippen molar-refractivity contribution in [1.29, 1.82) is 0 Å². The molecule has 1 aliphatic carbocycles. The lowest BCUT2D eigenvalue weighted by molar-refractivity contribution is -0.134. The summed E-state index contributed by atoms with van der Waals surface area (Å²) in [4.78, 5) is 28.4. The largest absolute Gasteiger partial charge is 0.351 e. The van der Waals surface area contributed by atoms with E-state index >= 15 is 0 Å². The van der Waals surface area contributed by atoms with Gasteiger partial charge in [0.2, 0.25) is 5.91 Å². The van der Waals surface area contributed by atoms with Gasteiger partial charge in [0, 0.05) is 12.1 Å². The molecule has 0 radical (unpaired) electrons. The number of hydrogen-bond donors (Lipinski definition) is 1. The molecule has 0 saturated heterocycles. The summed E-state index contributed by atoms with van der Waals surface area (Å²) in [6, 6.07) is 4.22. The van der Waals surface area contributed by atoms with Crippen molar-refractivity contribution in [3.63, 3.8) is 0 Å². The van der Waals surface area contributed by atoms with Crippen LogP contribution in [-0.4, -0.2) is 38.9 Å². The molecule has 140 valence electrons. The summed E-state index contributed by atoms with van der Waals surface area (Å²) in [6.45, 7) is 6.41. The molecule has 6 heteroatoms. The summed E-state index contributed by atoms with van der Waals surface area (Å²) in [6.07, 6.45) is 5.68. The number of nitrogens with one attached hydrogen (secondary N) is 1. The molecule has 4 rings (SSSR count). The van der Waals surface area contributed by atoms with Crippen LogP contribution in [0, 0.1) is 0 Å². The third kappa shape index (κ3) is 2.66. The van der Waals surface area contributed by atoms with Crippen LogP contribution in [0.1, 0.15) is 63.4 Å². The first-order valence-electron chi connectivity index (χ1n) is 9.63. The molecule has 5 nitrogen and oxygen atoms in total. The molecule has 2 aromatic heterocycles. The standard InChI is InChI=1S/C20H27N3O2S/c1-13(2)23-18(24)16-11-17-15(9-10-26-17)22(16)12-20(23,3)19(25)21-14-7-5-4-6-8-14/h9-11,13-14H,4-8,12H2,1-3H3,(H,21,25)/t20-/m1/s1. The van der Waals surface area contributed by atoms with Crippen LogP contribution in [0.2, 0.25) is 0 Å². The number of nitrogens with zero attached hydrogens (tertiary/aromatic N) is 2. The molecule has 0 unspecified atom stereocenters. The van der Waals surface area contributed by atoms with Gasteiger partial charge in [0.25, 0.3) is 5.91 Å². The molecule has 1 saturated carbocycles. The lowest BCUT2D eigenvalue weighted by Gasteiger charge is -2.46. The second kappa shape index (κ2) is 6.41. The molecule has 1 N–H and O–H groups in total. The van der Waals surface area contributed by atoms with Gasteiger partial charge in [-0.05, 0) is 51.1 Å². The highest BCUT2D eigenvalue weighted by Gasteiger charge is 2.49. The average molecular weight is 374 g/mol. The smallest absolute Gasteiger partial charge is 0.271 e. The van der Waals surface area contributed by atoms with E-state index in [9.17, 15) is 9.59 Å². The molecule has 0 spiro atoms. The second-order valence-electron chi connectivity index (χ2n) is 8.14. The maximum absolute atomic E-state index is 13.3. The average Bonchev–Trinajstić information content (AvgIpc) is 3.18. The van der Waals surface area contributed by atoms with E-state index in [0.717, 1.165) is 23.1 Å². The first kappa shape index (κ1) is 17.6. The fourth-order valence-corrected chi connectivity index (χ4v) is 5.45. The van der Waals surface area contributed by atoms with Gasteiger partial charge in [-0.25, -0.2) is 0 Å². The Morgan fingerprint density at radius 1 is 1.31 bits per heavy atom. The van der Waals surface area contributed by atoms with Crippen LogP contribution >= 0.6 is 11.3 Å². The predicted octanol–water partition coefficient (Wildman–Crippen LogP) is 3.77. The summed E-state index contributed by atoms with van der Waals surface area (Å²) in [5, 5.41) is 5.29. The van der Waals surface area contributed by atoms with Crippen LogP contribution in [0.15, 0.2) is 17.5 Å². The number of aromatic nitrogens is 1. The molecule has 2 amide bonds. The first-order chi connectivity index (χ1) is 12.4. The minimum atomic E-state index is -0.871. The zero-order valence-electron chi connectivity index (χ0n) is 15.7. The van der Waals surface area contributed by atoms with Gasteiger partial charge in [-0.1, -0.05) is 19.3 Å². The van der Waals surface area contributed by atoms with E-state index in [4.69, 9.17) is 0 Å².